The second-order valence-electron chi connectivity index (χ2n) is 4.62. The van der Waals surface area contributed by atoms with Crippen LogP contribution in [-0.2, 0) is 4.79 Å². The molecule has 0 amide bonds. The number of carbonyl (C=O) groups excluding carboxylic acids is 1. The Labute approximate surface area is 69.2 Å². The molecule has 0 unspecified atom stereocenters. The van der Waals surface area contributed by atoms with Crippen molar-refractivity contribution in [3.63, 3.8) is 0 Å². The maximum absolute atomic E-state index is 11.0. The maximum atomic E-state index is 11.0. The summed E-state index contributed by atoms with van der Waals surface area (Å²) in [4.78, 5) is 11.0. The summed E-state index contributed by atoms with van der Waals surface area (Å²) in [6, 6.07) is 0. The molecule has 0 aliphatic heterocycles. The molecule has 0 aromatic carbocycles. The molecule has 0 aromatic rings. The van der Waals surface area contributed by atoms with E-state index in [1.165, 1.54) is 6.42 Å². The number of ketones is 1. The molecular formula is C10H18O. The Hall–Kier alpha value is -0.330. The van der Waals surface area contributed by atoms with Crippen LogP contribution < -0.4 is 0 Å². The Balaban J connectivity index is 2.48. The third-order valence-electron chi connectivity index (χ3n) is 2.53. The fourth-order valence-corrected chi connectivity index (χ4v) is 2.25. The molecule has 0 saturated heterocycles. The van der Waals surface area contributed by atoms with Gasteiger partial charge in [-0.15, -0.1) is 0 Å². The number of carbonyl (C=O) groups is 1. The predicted molar refractivity (Wildman–Crippen MR) is 46.4 cm³/mol. The highest BCUT2D eigenvalue weighted by Gasteiger charge is 2.33. The van der Waals surface area contributed by atoms with Crippen LogP contribution in [0, 0.1) is 11.3 Å². The Morgan fingerprint density at radius 3 is 2.55 bits per heavy atom. The van der Waals surface area contributed by atoms with Crippen molar-refractivity contribution in [1.29, 1.82) is 0 Å². The molecule has 1 rings (SSSR count). The summed E-state index contributed by atoms with van der Waals surface area (Å²) in [6.45, 7) is 6.71. The highest BCUT2D eigenvalue weighted by molar-refractivity contribution is 5.81. The van der Waals surface area contributed by atoms with E-state index in [0.29, 0.717) is 11.2 Å². The molecule has 1 atom stereocenters. The second kappa shape index (κ2) is 2.96. The average molecular weight is 154 g/mol. The topological polar surface area (TPSA) is 17.1 Å². The zero-order valence-corrected chi connectivity index (χ0v) is 7.81. The minimum atomic E-state index is 0.339. The van der Waals surface area contributed by atoms with Crippen LogP contribution in [0.3, 0.4) is 0 Å². The van der Waals surface area contributed by atoms with Gasteiger partial charge in [-0.3, -0.25) is 4.79 Å². The quantitative estimate of drug-likeness (QED) is 0.597. The van der Waals surface area contributed by atoms with E-state index in [1.54, 1.807) is 0 Å². The van der Waals surface area contributed by atoms with Gasteiger partial charge in [0.25, 0.3) is 0 Å². The third-order valence-corrected chi connectivity index (χ3v) is 2.53. The van der Waals surface area contributed by atoms with Crippen LogP contribution in [0.15, 0.2) is 0 Å². The summed E-state index contributed by atoms with van der Waals surface area (Å²) in [7, 11) is 0. The monoisotopic (exact) mass is 154 g/mol. The molecule has 1 saturated carbocycles. The van der Waals surface area contributed by atoms with Gasteiger partial charge < -0.3 is 0 Å². The van der Waals surface area contributed by atoms with Crippen molar-refractivity contribution in [1.82, 2.24) is 0 Å². The van der Waals surface area contributed by atoms with Crippen molar-refractivity contribution in [3.05, 3.63) is 0 Å². The average Bonchev–Trinajstić information content (AvgIpc) is 2.08. The van der Waals surface area contributed by atoms with Gasteiger partial charge in [0.15, 0.2) is 0 Å². The van der Waals surface area contributed by atoms with Crippen molar-refractivity contribution in [3.8, 4) is 0 Å². The van der Waals surface area contributed by atoms with E-state index in [1.807, 2.05) is 0 Å². The van der Waals surface area contributed by atoms with Crippen LogP contribution in [0.2, 0.25) is 0 Å². The molecule has 1 fully saturated rings. The first-order valence-electron chi connectivity index (χ1n) is 4.53. The Kier molecular flexibility index (Phi) is 2.36. The smallest absolute Gasteiger partial charge is 0.133 e. The largest absolute Gasteiger partial charge is 0.300 e. The second-order valence-corrected chi connectivity index (χ2v) is 4.62. The first kappa shape index (κ1) is 8.76. The lowest BCUT2D eigenvalue weighted by Crippen LogP contribution is -2.14. The first-order valence-corrected chi connectivity index (χ1v) is 4.53. The summed E-state index contributed by atoms with van der Waals surface area (Å²) >= 11 is 0. The molecule has 1 nitrogen and oxygen atoms in total. The SMILES string of the molecule is CC(C)C[C@]1(C)CCC(=O)C1. The van der Waals surface area contributed by atoms with Crippen LogP contribution >= 0.6 is 0 Å². The minimum Gasteiger partial charge on any atom is -0.300 e. The molecule has 0 spiro atoms. The Morgan fingerprint density at radius 2 is 2.18 bits per heavy atom. The van der Waals surface area contributed by atoms with Gasteiger partial charge in [-0.05, 0) is 24.2 Å². The molecule has 1 aliphatic rings. The van der Waals surface area contributed by atoms with Gasteiger partial charge in [-0.25, -0.2) is 0 Å². The van der Waals surface area contributed by atoms with E-state index in [9.17, 15) is 4.79 Å². The van der Waals surface area contributed by atoms with E-state index in [-0.39, 0.29) is 0 Å². The van der Waals surface area contributed by atoms with Gasteiger partial charge in [0, 0.05) is 12.8 Å². The van der Waals surface area contributed by atoms with E-state index in [2.05, 4.69) is 20.8 Å². The van der Waals surface area contributed by atoms with Gasteiger partial charge in [-0.1, -0.05) is 20.8 Å². The number of rotatable bonds is 2. The predicted octanol–water partition coefficient (Wildman–Crippen LogP) is 2.79. The maximum Gasteiger partial charge on any atom is 0.133 e. The molecule has 0 heterocycles. The van der Waals surface area contributed by atoms with Crippen LogP contribution in [0.4, 0.5) is 0 Å². The molecule has 0 bridgehead atoms. The lowest BCUT2D eigenvalue weighted by molar-refractivity contribution is -0.118. The van der Waals surface area contributed by atoms with Crippen molar-refractivity contribution >= 4 is 5.78 Å². The molecule has 11 heavy (non-hydrogen) atoms. The molecule has 1 heteroatoms. The van der Waals surface area contributed by atoms with Crippen LogP contribution in [0.1, 0.15) is 46.5 Å². The van der Waals surface area contributed by atoms with Crippen LogP contribution in [0.5, 0.6) is 0 Å². The number of hydrogen-bond acceptors (Lipinski definition) is 1. The minimum absolute atomic E-state index is 0.339. The normalized spacial score (nSPS) is 31.8. The lowest BCUT2D eigenvalue weighted by atomic mass is 9.81. The molecule has 0 aromatic heterocycles. The summed E-state index contributed by atoms with van der Waals surface area (Å²) in [5, 5.41) is 0. The van der Waals surface area contributed by atoms with E-state index < -0.39 is 0 Å². The molecule has 1 aliphatic carbocycles. The Morgan fingerprint density at radius 1 is 1.55 bits per heavy atom. The Bertz CT molecular complexity index is 160. The van der Waals surface area contributed by atoms with Gasteiger partial charge in [-0.2, -0.15) is 0 Å². The fourth-order valence-electron chi connectivity index (χ4n) is 2.25. The van der Waals surface area contributed by atoms with Crippen LogP contribution in [0.25, 0.3) is 0 Å². The lowest BCUT2D eigenvalue weighted by Gasteiger charge is -2.24. The fraction of sp³-hybridized carbons (Fsp3) is 0.900. The van der Waals surface area contributed by atoms with Crippen molar-refractivity contribution in [2.45, 2.75) is 46.5 Å². The van der Waals surface area contributed by atoms with Gasteiger partial charge in [0.05, 0.1) is 0 Å². The first-order chi connectivity index (χ1) is 5.02. The summed E-state index contributed by atoms with van der Waals surface area (Å²) in [5.41, 5.74) is 0.339. The molecule has 64 valence electrons. The summed E-state index contributed by atoms with van der Waals surface area (Å²) in [5.74, 6) is 1.19. The molecular weight excluding hydrogens is 136 g/mol. The highest BCUT2D eigenvalue weighted by Crippen LogP contribution is 2.40. The van der Waals surface area contributed by atoms with Crippen molar-refractivity contribution in [2.24, 2.45) is 11.3 Å². The number of hydrogen-bond donors (Lipinski definition) is 0. The van der Waals surface area contributed by atoms with Crippen molar-refractivity contribution < 1.29 is 4.79 Å². The van der Waals surface area contributed by atoms with Crippen LogP contribution in [-0.4, -0.2) is 5.78 Å². The van der Waals surface area contributed by atoms with Gasteiger partial charge in [0.1, 0.15) is 5.78 Å². The van der Waals surface area contributed by atoms with Gasteiger partial charge >= 0.3 is 0 Å². The van der Waals surface area contributed by atoms with Gasteiger partial charge in [0.2, 0.25) is 0 Å². The number of Topliss-reactive ketones (excluding diaryl/α,β-unsaturated/α-hetero) is 1. The van der Waals surface area contributed by atoms with E-state index in [0.717, 1.165) is 25.2 Å². The van der Waals surface area contributed by atoms with E-state index >= 15 is 0 Å². The van der Waals surface area contributed by atoms with Crippen molar-refractivity contribution in [2.75, 3.05) is 0 Å². The summed E-state index contributed by atoms with van der Waals surface area (Å²) < 4.78 is 0. The zero-order chi connectivity index (χ0) is 8.48. The highest BCUT2D eigenvalue weighted by atomic mass is 16.1. The third kappa shape index (κ3) is 2.32. The zero-order valence-electron chi connectivity index (χ0n) is 7.81. The van der Waals surface area contributed by atoms with E-state index in [4.69, 9.17) is 0 Å². The molecule has 0 radical (unpaired) electrons. The standard InChI is InChI=1S/C10H18O/c1-8(2)6-10(3)5-4-9(11)7-10/h8H,4-7H2,1-3H3/t10-/m0/s1. The summed E-state index contributed by atoms with van der Waals surface area (Å²) in [6.07, 6.45) is 3.97. The molecule has 0 N–H and O–H groups in total.